The first kappa shape index (κ1) is 6.75. The number of likely N-dealkylation sites (tertiary alicyclic amines) is 1. The average molecular weight is 141 g/mol. The van der Waals surface area contributed by atoms with Crippen LogP contribution in [0.1, 0.15) is 12.8 Å². The SMILES string of the molecule is C=CC(=S)N1CCCC1. The van der Waals surface area contributed by atoms with Gasteiger partial charge in [0.05, 0.1) is 0 Å². The summed E-state index contributed by atoms with van der Waals surface area (Å²) < 4.78 is 0. The Labute approximate surface area is 61.4 Å². The summed E-state index contributed by atoms with van der Waals surface area (Å²) in [4.78, 5) is 3.11. The van der Waals surface area contributed by atoms with E-state index in [0.29, 0.717) is 0 Å². The standard InChI is InChI=1S/C7H11NS/c1-2-7(9)8-5-3-4-6-8/h2H,1,3-6H2. The van der Waals surface area contributed by atoms with Gasteiger partial charge in [-0.1, -0.05) is 18.8 Å². The van der Waals surface area contributed by atoms with Crippen LogP contribution >= 0.6 is 12.2 Å². The van der Waals surface area contributed by atoms with Crippen molar-refractivity contribution in [1.82, 2.24) is 4.90 Å². The quantitative estimate of drug-likeness (QED) is 0.403. The molecule has 0 amide bonds. The Morgan fingerprint density at radius 3 is 2.44 bits per heavy atom. The molecule has 1 aliphatic heterocycles. The summed E-state index contributed by atoms with van der Waals surface area (Å²) in [6, 6.07) is 0. The van der Waals surface area contributed by atoms with Crippen molar-refractivity contribution in [3.63, 3.8) is 0 Å². The molecule has 1 saturated heterocycles. The van der Waals surface area contributed by atoms with Gasteiger partial charge in [-0.05, 0) is 18.9 Å². The molecule has 1 nitrogen and oxygen atoms in total. The Balaban J connectivity index is 2.41. The highest BCUT2D eigenvalue weighted by atomic mass is 32.1. The maximum absolute atomic E-state index is 5.02. The lowest BCUT2D eigenvalue weighted by Gasteiger charge is -2.14. The summed E-state index contributed by atoms with van der Waals surface area (Å²) in [5.74, 6) is 0. The molecule has 0 aromatic carbocycles. The maximum atomic E-state index is 5.02. The predicted octanol–water partition coefficient (Wildman–Crippen LogP) is 1.60. The third-order valence-corrected chi connectivity index (χ3v) is 2.02. The van der Waals surface area contributed by atoms with Gasteiger partial charge in [0.2, 0.25) is 0 Å². The van der Waals surface area contributed by atoms with Crippen molar-refractivity contribution in [2.24, 2.45) is 0 Å². The minimum absolute atomic E-state index is 0.910. The van der Waals surface area contributed by atoms with Crippen LogP contribution < -0.4 is 0 Å². The average Bonchev–Trinajstić information content (AvgIpc) is 2.37. The monoisotopic (exact) mass is 141 g/mol. The van der Waals surface area contributed by atoms with Crippen LogP contribution in [0.5, 0.6) is 0 Å². The molecule has 1 fully saturated rings. The lowest BCUT2D eigenvalue weighted by atomic mass is 10.4. The van der Waals surface area contributed by atoms with Gasteiger partial charge in [-0.15, -0.1) is 0 Å². The molecule has 1 heterocycles. The first-order valence-corrected chi connectivity index (χ1v) is 3.67. The predicted molar refractivity (Wildman–Crippen MR) is 43.6 cm³/mol. The van der Waals surface area contributed by atoms with Crippen LogP contribution in [0.2, 0.25) is 0 Å². The zero-order valence-corrected chi connectivity index (χ0v) is 6.28. The molecule has 0 bridgehead atoms. The molecule has 9 heavy (non-hydrogen) atoms. The second kappa shape index (κ2) is 2.97. The fourth-order valence-corrected chi connectivity index (χ4v) is 1.25. The minimum Gasteiger partial charge on any atom is -0.363 e. The number of hydrogen-bond acceptors (Lipinski definition) is 1. The molecule has 0 N–H and O–H groups in total. The van der Waals surface area contributed by atoms with E-state index in [9.17, 15) is 0 Å². The molecule has 0 spiro atoms. The van der Waals surface area contributed by atoms with E-state index in [2.05, 4.69) is 11.5 Å². The van der Waals surface area contributed by atoms with Crippen LogP contribution in [0.15, 0.2) is 12.7 Å². The third-order valence-electron chi connectivity index (χ3n) is 1.59. The van der Waals surface area contributed by atoms with Gasteiger partial charge in [0.15, 0.2) is 0 Å². The molecule has 0 aliphatic carbocycles. The highest BCUT2D eigenvalue weighted by Crippen LogP contribution is 2.08. The molecule has 1 rings (SSSR count). The van der Waals surface area contributed by atoms with E-state index in [0.717, 1.165) is 18.1 Å². The van der Waals surface area contributed by atoms with Crippen LogP contribution in [0, 0.1) is 0 Å². The first-order chi connectivity index (χ1) is 4.34. The van der Waals surface area contributed by atoms with E-state index in [4.69, 9.17) is 12.2 Å². The van der Waals surface area contributed by atoms with Crippen LogP contribution in [0.25, 0.3) is 0 Å². The number of nitrogens with zero attached hydrogens (tertiary/aromatic N) is 1. The van der Waals surface area contributed by atoms with Crippen LogP contribution in [-0.4, -0.2) is 23.0 Å². The van der Waals surface area contributed by atoms with Gasteiger partial charge in [0, 0.05) is 13.1 Å². The molecule has 0 saturated carbocycles. The smallest absolute Gasteiger partial charge is 0.101 e. The van der Waals surface area contributed by atoms with Crippen molar-refractivity contribution in [3.8, 4) is 0 Å². The van der Waals surface area contributed by atoms with Gasteiger partial charge in [0.1, 0.15) is 4.99 Å². The Bertz CT molecular complexity index is 125. The number of hydrogen-bond donors (Lipinski definition) is 0. The fourth-order valence-electron chi connectivity index (χ4n) is 1.07. The molecule has 0 aromatic heterocycles. The summed E-state index contributed by atoms with van der Waals surface area (Å²) in [5, 5.41) is 0. The number of thiocarbonyl (C=S) groups is 1. The number of rotatable bonds is 1. The van der Waals surface area contributed by atoms with E-state index in [1.165, 1.54) is 12.8 Å². The van der Waals surface area contributed by atoms with E-state index >= 15 is 0 Å². The Morgan fingerprint density at radius 1 is 1.44 bits per heavy atom. The summed E-state index contributed by atoms with van der Waals surface area (Å²) in [6.07, 6.45) is 4.32. The molecular weight excluding hydrogens is 130 g/mol. The molecule has 1 aliphatic rings. The van der Waals surface area contributed by atoms with Crippen molar-refractivity contribution in [2.75, 3.05) is 13.1 Å². The van der Waals surface area contributed by atoms with Crippen LogP contribution in [-0.2, 0) is 0 Å². The lowest BCUT2D eigenvalue weighted by Crippen LogP contribution is -2.23. The molecule has 2 heteroatoms. The lowest BCUT2D eigenvalue weighted by molar-refractivity contribution is 0.532. The second-order valence-electron chi connectivity index (χ2n) is 2.24. The van der Waals surface area contributed by atoms with Crippen molar-refractivity contribution in [1.29, 1.82) is 0 Å². The van der Waals surface area contributed by atoms with Gasteiger partial charge in [-0.3, -0.25) is 0 Å². The Morgan fingerprint density at radius 2 is 2.00 bits per heavy atom. The third kappa shape index (κ3) is 1.52. The molecule has 50 valence electrons. The highest BCUT2D eigenvalue weighted by Gasteiger charge is 2.11. The molecule has 0 radical (unpaired) electrons. The summed E-state index contributed by atoms with van der Waals surface area (Å²) in [5.41, 5.74) is 0. The highest BCUT2D eigenvalue weighted by molar-refractivity contribution is 7.80. The van der Waals surface area contributed by atoms with Gasteiger partial charge >= 0.3 is 0 Å². The van der Waals surface area contributed by atoms with Crippen molar-refractivity contribution in [3.05, 3.63) is 12.7 Å². The van der Waals surface area contributed by atoms with Gasteiger partial charge in [-0.25, -0.2) is 0 Å². The zero-order valence-electron chi connectivity index (χ0n) is 5.47. The minimum atomic E-state index is 0.910. The Kier molecular flexibility index (Phi) is 2.22. The zero-order chi connectivity index (χ0) is 6.69. The maximum Gasteiger partial charge on any atom is 0.101 e. The van der Waals surface area contributed by atoms with Crippen LogP contribution in [0.3, 0.4) is 0 Å². The summed E-state index contributed by atoms with van der Waals surface area (Å²) in [6.45, 7) is 5.88. The molecule has 0 aromatic rings. The van der Waals surface area contributed by atoms with Crippen molar-refractivity contribution < 1.29 is 0 Å². The van der Waals surface area contributed by atoms with E-state index in [-0.39, 0.29) is 0 Å². The van der Waals surface area contributed by atoms with E-state index in [1.807, 2.05) is 0 Å². The summed E-state index contributed by atoms with van der Waals surface area (Å²) in [7, 11) is 0. The normalized spacial score (nSPS) is 18.0. The Hall–Kier alpha value is -0.370. The van der Waals surface area contributed by atoms with Crippen LogP contribution in [0.4, 0.5) is 0 Å². The summed E-state index contributed by atoms with van der Waals surface area (Å²) >= 11 is 5.02. The van der Waals surface area contributed by atoms with Gasteiger partial charge < -0.3 is 4.90 Å². The largest absolute Gasteiger partial charge is 0.363 e. The van der Waals surface area contributed by atoms with E-state index in [1.54, 1.807) is 6.08 Å². The topological polar surface area (TPSA) is 3.24 Å². The molecule has 0 unspecified atom stereocenters. The fraction of sp³-hybridized carbons (Fsp3) is 0.571. The van der Waals surface area contributed by atoms with Crippen molar-refractivity contribution in [2.45, 2.75) is 12.8 Å². The molecular formula is C7H11NS. The van der Waals surface area contributed by atoms with Crippen molar-refractivity contribution >= 4 is 17.2 Å². The van der Waals surface area contributed by atoms with Gasteiger partial charge in [0.25, 0.3) is 0 Å². The van der Waals surface area contributed by atoms with E-state index < -0.39 is 0 Å². The van der Waals surface area contributed by atoms with Gasteiger partial charge in [-0.2, -0.15) is 0 Å². The second-order valence-corrected chi connectivity index (χ2v) is 2.65. The molecule has 0 atom stereocenters. The first-order valence-electron chi connectivity index (χ1n) is 3.26.